The SMILES string of the molecule is Cc1cccc(NC(=O)N(C)CCCC2CC(c3ccc(F)cc3)NN2)c1. The lowest BCUT2D eigenvalue weighted by Crippen LogP contribution is -2.34. The van der Waals surface area contributed by atoms with Crippen LogP contribution >= 0.6 is 0 Å². The van der Waals surface area contributed by atoms with Crippen LogP contribution in [-0.4, -0.2) is 30.6 Å². The van der Waals surface area contributed by atoms with Crippen LogP contribution in [0.2, 0.25) is 0 Å². The highest BCUT2D eigenvalue weighted by Crippen LogP contribution is 2.24. The molecule has 3 rings (SSSR count). The number of amides is 2. The Morgan fingerprint density at radius 3 is 2.74 bits per heavy atom. The van der Waals surface area contributed by atoms with Crippen molar-refractivity contribution >= 4 is 11.7 Å². The largest absolute Gasteiger partial charge is 0.328 e. The summed E-state index contributed by atoms with van der Waals surface area (Å²) in [6, 6.07) is 14.8. The normalized spacial score (nSPS) is 19.1. The zero-order valence-electron chi connectivity index (χ0n) is 15.8. The molecule has 1 saturated heterocycles. The van der Waals surface area contributed by atoms with Gasteiger partial charge in [0, 0.05) is 31.4 Å². The van der Waals surface area contributed by atoms with E-state index in [1.165, 1.54) is 12.1 Å². The monoisotopic (exact) mass is 370 g/mol. The van der Waals surface area contributed by atoms with Gasteiger partial charge in [0.15, 0.2) is 0 Å². The van der Waals surface area contributed by atoms with Crippen molar-refractivity contribution < 1.29 is 9.18 Å². The number of urea groups is 1. The highest BCUT2D eigenvalue weighted by atomic mass is 19.1. The van der Waals surface area contributed by atoms with Crippen LogP contribution in [-0.2, 0) is 0 Å². The van der Waals surface area contributed by atoms with Crippen molar-refractivity contribution in [1.82, 2.24) is 15.8 Å². The first-order valence-electron chi connectivity index (χ1n) is 9.36. The fourth-order valence-electron chi connectivity index (χ4n) is 3.34. The van der Waals surface area contributed by atoms with Crippen LogP contribution in [0.5, 0.6) is 0 Å². The molecule has 0 saturated carbocycles. The Bertz CT molecular complexity index is 765. The fraction of sp³-hybridized carbons (Fsp3) is 0.381. The van der Waals surface area contributed by atoms with Crippen molar-refractivity contribution in [3.63, 3.8) is 0 Å². The summed E-state index contributed by atoms with van der Waals surface area (Å²) in [6.45, 7) is 2.69. The zero-order valence-corrected chi connectivity index (χ0v) is 15.8. The molecule has 0 radical (unpaired) electrons. The number of nitrogens with one attached hydrogen (secondary N) is 3. The number of rotatable bonds is 6. The molecular formula is C21H27FN4O. The molecule has 0 aromatic heterocycles. The summed E-state index contributed by atoms with van der Waals surface area (Å²) in [6.07, 6.45) is 2.82. The van der Waals surface area contributed by atoms with Crippen molar-refractivity contribution in [2.75, 3.05) is 18.9 Å². The van der Waals surface area contributed by atoms with Crippen molar-refractivity contribution in [3.8, 4) is 0 Å². The maximum absolute atomic E-state index is 13.0. The smallest absolute Gasteiger partial charge is 0.321 e. The van der Waals surface area contributed by atoms with Gasteiger partial charge in [0.05, 0.1) is 0 Å². The first-order chi connectivity index (χ1) is 13.0. The maximum atomic E-state index is 13.0. The van der Waals surface area contributed by atoms with Crippen LogP contribution in [0.25, 0.3) is 0 Å². The number of halogens is 1. The van der Waals surface area contributed by atoms with E-state index in [0.29, 0.717) is 12.6 Å². The van der Waals surface area contributed by atoms with Gasteiger partial charge in [0.25, 0.3) is 0 Å². The Kier molecular flexibility index (Phi) is 6.42. The summed E-state index contributed by atoms with van der Waals surface area (Å²) in [5, 5.41) is 2.92. The second-order valence-electron chi connectivity index (χ2n) is 7.19. The number of hydrogen-bond donors (Lipinski definition) is 3. The predicted molar refractivity (Wildman–Crippen MR) is 106 cm³/mol. The average molecular weight is 370 g/mol. The quantitative estimate of drug-likeness (QED) is 0.721. The second-order valence-corrected chi connectivity index (χ2v) is 7.19. The minimum absolute atomic E-state index is 0.0951. The van der Waals surface area contributed by atoms with E-state index in [1.54, 1.807) is 4.90 Å². The van der Waals surface area contributed by atoms with E-state index in [4.69, 9.17) is 0 Å². The molecule has 2 amide bonds. The van der Waals surface area contributed by atoms with Crippen LogP contribution in [0.3, 0.4) is 0 Å². The Balaban J connectivity index is 1.39. The van der Waals surface area contributed by atoms with Crippen molar-refractivity contribution in [2.24, 2.45) is 0 Å². The number of aryl methyl sites for hydroxylation is 1. The van der Waals surface area contributed by atoms with Gasteiger partial charge in [0.2, 0.25) is 0 Å². The lowest BCUT2D eigenvalue weighted by Gasteiger charge is -2.19. The minimum atomic E-state index is -0.215. The van der Waals surface area contributed by atoms with Gasteiger partial charge >= 0.3 is 6.03 Å². The van der Waals surface area contributed by atoms with E-state index >= 15 is 0 Å². The van der Waals surface area contributed by atoms with Crippen molar-refractivity contribution in [2.45, 2.75) is 38.3 Å². The second kappa shape index (κ2) is 8.97. The van der Waals surface area contributed by atoms with Gasteiger partial charge in [-0.15, -0.1) is 0 Å². The fourth-order valence-corrected chi connectivity index (χ4v) is 3.34. The summed E-state index contributed by atoms with van der Waals surface area (Å²) in [5.41, 5.74) is 9.60. The number of nitrogens with zero attached hydrogens (tertiary/aromatic N) is 1. The molecule has 5 nitrogen and oxygen atoms in total. The van der Waals surface area contributed by atoms with E-state index in [1.807, 2.05) is 50.4 Å². The third kappa shape index (κ3) is 5.52. The molecule has 3 N–H and O–H groups in total. The standard InChI is InChI=1S/C21H27FN4O/c1-15-5-3-6-18(13-15)23-21(27)26(2)12-4-7-19-14-20(25-24-19)16-8-10-17(22)11-9-16/h3,5-6,8-11,13,19-20,24-25H,4,7,12,14H2,1-2H3,(H,23,27). The van der Waals surface area contributed by atoms with Gasteiger partial charge in [0.1, 0.15) is 5.82 Å². The topological polar surface area (TPSA) is 56.4 Å². The summed E-state index contributed by atoms with van der Waals surface area (Å²) >= 11 is 0. The van der Waals surface area contributed by atoms with Crippen molar-refractivity contribution in [3.05, 3.63) is 65.5 Å². The summed E-state index contributed by atoms with van der Waals surface area (Å²) in [7, 11) is 1.81. The van der Waals surface area contributed by atoms with Gasteiger partial charge in [-0.25, -0.2) is 9.18 Å². The van der Waals surface area contributed by atoms with Gasteiger partial charge in [-0.2, -0.15) is 0 Å². The summed E-state index contributed by atoms with van der Waals surface area (Å²) in [4.78, 5) is 14.0. The highest BCUT2D eigenvalue weighted by Gasteiger charge is 2.24. The molecular weight excluding hydrogens is 343 g/mol. The molecule has 27 heavy (non-hydrogen) atoms. The van der Waals surface area contributed by atoms with E-state index < -0.39 is 0 Å². The highest BCUT2D eigenvalue weighted by molar-refractivity contribution is 5.89. The van der Waals surface area contributed by atoms with Gasteiger partial charge in [-0.3, -0.25) is 10.9 Å². The van der Waals surface area contributed by atoms with Crippen molar-refractivity contribution in [1.29, 1.82) is 0 Å². The summed E-state index contributed by atoms with van der Waals surface area (Å²) < 4.78 is 13.0. The molecule has 2 unspecified atom stereocenters. The molecule has 1 fully saturated rings. The van der Waals surface area contributed by atoms with Crippen LogP contribution < -0.4 is 16.2 Å². The van der Waals surface area contributed by atoms with Crippen LogP contribution in [0.4, 0.5) is 14.9 Å². The van der Waals surface area contributed by atoms with E-state index in [-0.39, 0.29) is 17.9 Å². The zero-order chi connectivity index (χ0) is 19.2. The lowest BCUT2D eigenvalue weighted by atomic mass is 10.00. The molecule has 1 aliphatic rings. The Labute approximate surface area is 159 Å². The maximum Gasteiger partial charge on any atom is 0.321 e. The third-order valence-corrected chi connectivity index (χ3v) is 4.92. The number of hydrogen-bond acceptors (Lipinski definition) is 3. The van der Waals surface area contributed by atoms with Gasteiger partial charge in [-0.05, 0) is 61.6 Å². The first kappa shape index (κ1) is 19.3. The molecule has 0 spiro atoms. The van der Waals surface area contributed by atoms with E-state index in [9.17, 15) is 9.18 Å². The van der Waals surface area contributed by atoms with E-state index in [2.05, 4.69) is 16.2 Å². The predicted octanol–water partition coefficient (Wildman–Crippen LogP) is 3.99. The van der Waals surface area contributed by atoms with E-state index in [0.717, 1.165) is 36.1 Å². The molecule has 6 heteroatoms. The Morgan fingerprint density at radius 2 is 2.00 bits per heavy atom. The molecule has 2 aromatic carbocycles. The third-order valence-electron chi connectivity index (χ3n) is 4.92. The van der Waals surface area contributed by atoms with Gasteiger partial charge < -0.3 is 10.2 Å². The number of hydrazine groups is 1. The molecule has 0 aliphatic carbocycles. The number of carbonyl (C=O) groups excluding carboxylic acids is 1. The molecule has 1 aliphatic heterocycles. The molecule has 1 heterocycles. The number of anilines is 1. The molecule has 144 valence electrons. The number of benzene rings is 2. The van der Waals surface area contributed by atoms with Crippen LogP contribution in [0.1, 0.15) is 36.4 Å². The molecule has 2 atom stereocenters. The molecule has 2 aromatic rings. The van der Waals surface area contributed by atoms with Gasteiger partial charge in [-0.1, -0.05) is 24.3 Å². The Hall–Kier alpha value is -2.44. The average Bonchev–Trinajstić information content (AvgIpc) is 3.11. The number of carbonyl (C=O) groups is 1. The molecule has 0 bridgehead atoms. The lowest BCUT2D eigenvalue weighted by molar-refractivity contribution is 0.221. The minimum Gasteiger partial charge on any atom is -0.328 e. The Morgan fingerprint density at radius 1 is 1.22 bits per heavy atom. The summed E-state index contributed by atoms with van der Waals surface area (Å²) in [5.74, 6) is -0.215. The van der Waals surface area contributed by atoms with Crippen LogP contribution in [0.15, 0.2) is 48.5 Å². The van der Waals surface area contributed by atoms with Crippen LogP contribution in [0, 0.1) is 12.7 Å². The first-order valence-corrected chi connectivity index (χ1v) is 9.36.